The molecule has 0 aliphatic carbocycles. The molecule has 0 bridgehead atoms. The molecule has 1 aliphatic rings. The van der Waals surface area contributed by atoms with E-state index in [0.717, 1.165) is 17.0 Å². The third kappa shape index (κ3) is 2.34. The largest absolute Gasteiger partial charge is 0.490 e. The summed E-state index contributed by atoms with van der Waals surface area (Å²) in [5.41, 5.74) is 7.08. The third-order valence-corrected chi connectivity index (χ3v) is 3.01. The highest BCUT2D eigenvalue weighted by molar-refractivity contribution is 5.98. The number of ether oxygens (including phenoxy) is 1. The maximum absolute atomic E-state index is 12.4. The lowest BCUT2D eigenvalue weighted by Gasteiger charge is -2.34. The number of hydrogen-bond donors (Lipinski definition) is 1. The molecule has 1 aromatic carbocycles. The maximum Gasteiger partial charge on any atom is 0.232 e. The van der Waals surface area contributed by atoms with Gasteiger partial charge in [-0.1, -0.05) is 26.8 Å². The van der Waals surface area contributed by atoms with E-state index in [0.29, 0.717) is 19.7 Å². The van der Waals surface area contributed by atoms with Gasteiger partial charge in [0.1, 0.15) is 12.4 Å². The van der Waals surface area contributed by atoms with Crippen LogP contribution < -0.4 is 15.4 Å². The Morgan fingerprint density at radius 1 is 1.44 bits per heavy atom. The van der Waals surface area contributed by atoms with E-state index in [9.17, 15) is 4.79 Å². The number of nitrogens with zero attached hydrogens (tertiary/aromatic N) is 1. The van der Waals surface area contributed by atoms with E-state index in [1.165, 1.54) is 0 Å². The lowest BCUT2D eigenvalue weighted by Crippen LogP contribution is -2.44. The van der Waals surface area contributed by atoms with Crippen LogP contribution in [-0.4, -0.2) is 19.1 Å². The molecule has 1 heterocycles. The Morgan fingerprint density at radius 3 is 2.78 bits per heavy atom. The normalized spacial score (nSPS) is 15.0. The van der Waals surface area contributed by atoms with E-state index in [1.807, 2.05) is 39.0 Å². The molecule has 0 radical (unpaired) electrons. The van der Waals surface area contributed by atoms with Gasteiger partial charge < -0.3 is 15.4 Å². The van der Waals surface area contributed by atoms with Crippen molar-refractivity contribution in [2.75, 3.05) is 18.1 Å². The van der Waals surface area contributed by atoms with Crippen LogP contribution in [0.3, 0.4) is 0 Å². The van der Waals surface area contributed by atoms with Crippen molar-refractivity contribution in [3.63, 3.8) is 0 Å². The SMILES string of the molecule is CC(C)(C)C(=O)N1CCOc2cc(CN)ccc21. The van der Waals surface area contributed by atoms with Crippen molar-refractivity contribution in [3.05, 3.63) is 23.8 Å². The monoisotopic (exact) mass is 248 g/mol. The number of anilines is 1. The summed E-state index contributed by atoms with van der Waals surface area (Å²) in [5, 5.41) is 0. The predicted octanol–water partition coefficient (Wildman–Crippen LogP) is 1.92. The minimum Gasteiger partial charge on any atom is -0.490 e. The van der Waals surface area contributed by atoms with Gasteiger partial charge >= 0.3 is 0 Å². The number of amides is 1. The summed E-state index contributed by atoms with van der Waals surface area (Å²) in [7, 11) is 0. The Labute approximate surface area is 108 Å². The molecule has 2 N–H and O–H groups in total. The number of carbonyl (C=O) groups is 1. The van der Waals surface area contributed by atoms with E-state index in [2.05, 4.69) is 0 Å². The zero-order valence-electron chi connectivity index (χ0n) is 11.2. The van der Waals surface area contributed by atoms with Crippen LogP contribution >= 0.6 is 0 Å². The molecular weight excluding hydrogens is 228 g/mol. The van der Waals surface area contributed by atoms with Gasteiger partial charge in [0.05, 0.1) is 12.2 Å². The minimum atomic E-state index is -0.388. The van der Waals surface area contributed by atoms with Gasteiger partial charge in [0.25, 0.3) is 0 Å². The van der Waals surface area contributed by atoms with Crippen LogP contribution in [0.25, 0.3) is 0 Å². The van der Waals surface area contributed by atoms with Crippen LogP contribution in [0.15, 0.2) is 18.2 Å². The molecule has 4 nitrogen and oxygen atoms in total. The summed E-state index contributed by atoms with van der Waals surface area (Å²) >= 11 is 0. The molecule has 0 aromatic heterocycles. The summed E-state index contributed by atoms with van der Waals surface area (Å²) in [5.74, 6) is 0.870. The molecule has 1 aromatic rings. The second-order valence-corrected chi connectivity index (χ2v) is 5.56. The van der Waals surface area contributed by atoms with Crippen molar-refractivity contribution in [2.45, 2.75) is 27.3 Å². The molecule has 4 heteroatoms. The average Bonchev–Trinajstić information content (AvgIpc) is 2.35. The van der Waals surface area contributed by atoms with Gasteiger partial charge in [-0.25, -0.2) is 0 Å². The Bertz CT molecular complexity index is 463. The number of fused-ring (bicyclic) bond motifs is 1. The molecule has 0 spiro atoms. The van der Waals surface area contributed by atoms with Crippen molar-refractivity contribution >= 4 is 11.6 Å². The number of nitrogens with two attached hydrogens (primary N) is 1. The fraction of sp³-hybridized carbons (Fsp3) is 0.500. The predicted molar refractivity (Wildman–Crippen MR) is 71.6 cm³/mol. The Hall–Kier alpha value is -1.55. The number of rotatable bonds is 1. The second kappa shape index (κ2) is 4.61. The van der Waals surface area contributed by atoms with Gasteiger partial charge in [-0.15, -0.1) is 0 Å². The van der Waals surface area contributed by atoms with Crippen LogP contribution in [0.2, 0.25) is 0 Å². The van der Waals surface area contributed by atoms with E-state index in [4.69, 9.17) is 10.5 Å². The van der Waals surface area contributed by atoms with Crippen molar-refractivity contribution in [1.29, 1.82) is 0 Å². The molecule has 2 rings (SSSR count). The zero-order valence-corrected chi connectivity index (χ0v) is 11.2. The highest BCUT2D eigenvalue weighted by Crippen LogP contribution is 2.34. The smallest absolute Gasteiger partial charge is 0.232 e. The lowest BCUT2D eigenvalue weighted by molar-refractivity contribution is -0.126. The first-order valence-corrected chi connectivity index (χ1v) is 6.21. The topological polar surface area (TPSA) is 55.6 Å². The highest BCUT2D eigenvalue weighted by Gasteiger charge is 2.31. The van der Waals surface area contributed by atoms with Gasteiger partial charge in [0, 0.05) is 12.0 Å². The Kier molecular flexibility index (Phi) is 3.30. The maximum atomic E-state index is 12.4. The molecule has 1 aliphatic heterocycles. The molecule has 0 unspecified atom stereocenters. The van der Waals surface area contributed by atoms with E-state index < -0.39 is 0 Å². The van der Waals surface area contributed by atoms with E-state index in [1.54, 1.807) is 4.90 Å². The summed E-state index contributed by atoms with van der Waals surface area (Å²) in [6, 6.07) is 5.77. The fourth-order valence-electron chi connectivity index (χ4n) is 2.01. The zero-order chi connectivity index (χ0) is 13.3. The summed E-state index contributed by atoms with van der Waals surface area (Å²) < 4.78 is 5.61. The number of benzene rings is 1. The lowest BCUT2D eigenvalue weighted by atomic mass is 9.94. The number of carbonyl (C=O) groups excluding carboxylic acids is 1. The standard InChI is InChI=1S/C14H20N2O2/c1-14(2,3)13(17)16-6-7-18-12-8-10(9-15)4-5-11(12)16/h4-5,8H,6-7,9,15H2,1-3H3. The van der Waals surface area contributed by atoms with Crippen molar-refractivity contribution < 1.29 is 9.53 Å². The summed E-state index contributed by atoms with van der Waals surface area (Å²) in [4.78, 5) is 14.2. The van der Waals surface area contributed by atoms with Gasteiger partial charge in [-0.3, -0.25) is 4.79 Å². The molecule has 18 heavy (non-hydrogen) atoms. The van der Waals surface area contributed by atoms with Crippen LogP contribution in [0.5, 0.6) is 5.75 Å². The quantitative estimate of drug-likeness (QED) is 0.826. The van der Waals surface area contributed by atoms with E-state index >= 15 is 0 Å². The molecule has 0 saturated heterocycles. The molecule has 1 amide bonds. The van der Waals surface area contributed by atoms with Crippen LogP contribution in [-0.2, 0) is 11.3 Å². The second-order valence-electron chi connectivity index (χ2n) is 5.56. The van der Waals surface area contributed by atoms with Crippen molar-refractivity contribution in [2.24, 2.45) is 11.1 Å². The molecule has 98 valence electrons. The molecule has 0 fully saturated rings. The first-order valence-electron chi connectivity index (χ1n) is 6.21. The molecule has 0 saturated carbocycles. The fourth-order valence-corrected chi connectivity index (χ4v) is 2.01. The minimum absolute atomic E-state index is 0.118. The van der Waals surface area contributed by atoms with Gasteiger partial charge in [0.2, 0.25) is 5.91 Å². The molecular formula is C14H20N2O2. The third-order valence-electron chi connectivity index (χ3n) is 3.01. The van der Waals surface area contributed by atoms with Crippen LogP contribution in [0, 0.1) is 5.41 Å². The van der Waals surface area contributed by atoms with Gasteiger partial charge in [-0.2, -0.15) is 0 Å². The molecule has 0 atom stereocenters. The summed E-state index contributed by atoms with van der Waals surface area (Å²) in [6.07, 6.45) is 0. The Balaban J connectivity index is 2.37. The van der Waals surface area contributed by atoms with Crippen molar-refractivity contribution in [1.82, 2.24) is 0 Å². The Morgan fingerprint density at radius 2 is 2.17 bits per heavy atom. The van der Waals surface area contributed by atoms with Crippen LogP contribution in [0.1, 0.15) is 26.3 Å². The van der Waals surface area contributed by atoms with Crippen LogP contribution in [0.4, 0.5) is 5.69 Å². The first-order chi connectivity index (χ1) is 8.43. The average molecular weight is 248 g/mol. The van der Waals surface area contributed by atoms with Gasteiger partial charge in [0.15, 0.2) is 0 Å². The van der Waals surface area contributed by atoms with E-state index in [-0.39, 0.29) is 11.3 Å². The van der Waals surface area contributed by atoms with Gasteiger partial charge in [-0.05, 0) is 17.7 Å². The number of hydrogen-bond acceptors (Lipinski definition) is 3. The first kappa shape index (κ1) is 12.9. The van der Waals surface area contributed by atoms with Crippen molar-refractivity contribution in [3.8, 4) is 5.75 Å². The highest BCUT2D eigenvalue weighted by atomic mass is 16.5. The summed E-state index contributed by atoms with van der Waals surface area (Å²) in [6.45, 7) is 7.40.